The van der Waals surface area contributed by atoms with Gasteiger partial charge in [0.15, 0.2) is 5.60 Å². The van der Waals surface area contributed by atoms with Crippen LogP contribution in [0.5, 0.6) is 5.75 Å². The van der Waals surface area contributed by atoms with E-state index < -0.39 is 5.60 Å². The molecule has 2 atom stereocenters. The Hall–Kier alpha value is -2.62. The van der Waals surface area contributed by atoms with Crippen molar-refractivity contribution in [1.29, 1.82) is 0 Å². The smallest absolute Gasteiger partial charge is 0.151 e. The van der Waals surface area contributed by atoms with E-state index in [1.807, 2.05) is 6.07 Å². The summed E-state index contributed by atoms with van der Waals surface area (Å²) in [5.74, 6) is 1.05. The summed E-state index contributed by atoms with van der Waals surface area (Å²) in [7, 11) is 0. The number of rotatable bonds is 7. The van der Waals surface area contributed by atoms with Crippen LogP contribution >= 0.6 is 11.3 Å². The Kier molecular flexibility index (Phi) is 5.47. The minimum Gasteiger partial charge on any atom is -0.480 e. The van der Waals surface area contributed by atoms with Gasteiger partial charge in [-0.2, -0.15) is 0 Å². The maximum absolute atomic E-state index is 6.95. The Labute approximate surface area is 170 Å². The second-order valence-corrected chi connectivity index (χ2v) is 8.19. The van der Waals surface area contributed by atoms with Gasteiger partial charge in [0, 0.05) is 22.6 Å². The molecule has 0 unspecified atom stereocenters. The van der Waals surface area contributed by atoms with Crippen LogP contribution in [0.25, 0.3) is 10.8 Å². The molecule has 0 aliphatic carbocycles. The van der Waals surface area contributed by atoms with E-state index in [2.05, 4.69) is 91.2 Å². The SMILES string of the molecule is C[C@@H](CN)[C@](Cc1ccccc1)(Oc1cccc2ccccc12)c1cccs1. The molecule has 2 N–H and O–H groups in total. The second kappa shape index (κ2) is 8.17. The molecule has 0 spiro atoms. The lowest BCUT2D eigenvalue weighted by Crippen LogP contribution is -2.44. The Morgan fingerprint density at radius 2 is 1.64 bits per heavy atom. The fourth-order valence-corrected chi connectivity index (χ4v) is 4.76. The highest BCUT2D eigenvalue weighted by molar-refractivity contribution is 7.10. The van der Waals surface area contributed by atoms with Crippen molar-refractivity contribution in [2.45, 2.75) is 18.9 Å². The van der Waals surface area contributed by atoms with E-state index in [1.165, 1.54) is 15.8 Å². The molecule has 0 aliphatic rings. The quantitative estimate of drug-likeness (QED) is 0.421. The molecule has 0 radical (unpaired) electrons. The predicted octanol–water partition coefficient (Wildman–Crippen LogP) is 6.01. The van der Waals surface area contributed by atoms with Crippen LogP contribution in [0.2, 0.25) is 0 Å². The lowest BCUT2D eigenvalue weighted by Gasteiger charge is -2.39. The van der Waals surface area contributed by atoms with Crippen LogP contribution in [0.15, 0.2) is 90.3 Å². The van der Waals surface area contributed by atoms with Crippen LogP contribution in [-0.4, -0.2) is 6.54 Å². The third-order valence-corrected chi connectivity index (χ3v) is 6.47. The van der Waals surface area contributed by atoms with Gasteiger partial charge >= 0.3 is 0 Å². The van der Waals surface area contributed by atoms with Gasteiger partial charge in [-0.1, -0.05) is 79.7 Å². The maximum atomic E-state index is 6.95. The highest BCUT2D eigenvalue weighted by atomic mass is 32.1. The van der Waals surface area contributed by atoms with Gasteiger partial charge < -0.3 is 10.5 Å². The first kappa shape index (κ1) is 18.7. The third-order valence-electron chi connectivity index (χ3n) is 5.44. The van der Waals surface area contributed by atoms with Crippen molar-refractivity contribution in [2.24, 2.45) is 11.7 Å². The lowest BCUT2D eigenvalue weighted by atomic mass is 9.81. The van der Waals surface area contributed by atoms with Gasteiger partial charge in [0.2, 0.25) is 0 Å². The predicted molar refractivity (Wildman–Crippen MR) is 119 cm³/mol. The molecular formula is C25H25NOS. The van der Waals surface area contributed by atoms with Gasteiger partial charge in [0.05, 0.1) is 0 Å². The van der Waals surface area contributed by atoms with Gasteiger partial charge in [0.25, 0.3) is 0 Å². The van der Waals surface area contributed by atoms with Gasteiger partial charge in [-0.25, -0.2) is 0 Å². The molecule has 1 aromatic heterocycles. The minimum absolute atomic E-state index is 0.144. The molecule has 0 saturated carbocycles. The summed E-state index contributed by atoms with van der Waals surface area (Å²) in [4.78, 5) is 1.21. The second-order valence-electron chi connectivity index (χ2n) is 7.25. The Balaban J connectivity index is 1.86. The fraction of sp³-hybridized carbons (Fsp3) is 0.200. The van der Waals surface area contributed by atoms with Crippen LogP contribution in [-0.2, 0) is 12.0 Å². The molecule has 3 heteroatoms. The zero-order valence-corrected chi connectivity index (χ0v) is 16.9. The maximum Gasteiger partial charge on any atom is 0.151 e. The van der Waals surface area contributed by atoms with E-state index in [4.69, 9.17) is 10.5 Å². The van der Waals surface area contributed by atoms with Crippen molar-refractivity contribution >= 4 is 22.1 Å². The van der Waals surface area contributed by atoms with Crippen molar-refractivity contribution < 1.29 is 4.74 Å². The van der Waals surface area contributed by atoms with Crippen molar-refractivity contribution in [3.8, 4) is 5.75 Å². The van der Waals surface area contributed by atoms with Crippen molar-refractivity contribution in [2.75, 3.05) is 6.54 Å². The average molecular weight is 388 g/mol. The first-order valence-corrected chi connectivity index (χ1v) is 10.6. The Morgan fingerprint density at radius 3 is 2.39 bits per heavy atom. The summed E-state index contributed by atoms with van der Waals surface area (Å²) < 4.78 is 6.95. The number of thiophene rings is 1. The largest absolute Gasteiger partial charge is 0.480 e. The first-order valence-electron chi connectivity index (χ1n) is 9.68. The molecule has 1 heterocycles. The van der Waals surface area contributed by atoms with Crippen LogP contribution in [0.4, 0.5) is 0 Å². The Morgan fingerprint density at radius 1 is 0.893 bits per heavy atom. The normalized spacial score (nSPS) is 14.5. The highest BCUT2D eigenvalue weighted by Gasteiger charge is 2.41. The summed E-state index contributed by atoms with van der Waals surface area (Å²) >= 11 is 1.74. The van der Waals surface area contributed by atoms with Crippen molar-refractivity contribution in [1.82, 2.24) is 0 Å². The molecule has 0 fully saturated rings. The molecule has 4 aromatic rings. The monoisotopic (exact) mass is 387 g/mol. The van der Waals surface area contributed by atoms with E-state index in [-0.39, 0.29) is 5.92 Å². The van der Waals surface area contributed by atoms with Gasteiger partial charge in [-0.05, 0) is 35.0 Å². The zero-order valence-electron chi connectivity index (χ0n) is 16.0. The number of nitrogens with two attached hydrogens (primary N) is 1. The molecule has 2 nitrogen and oxygen atoms in total. The summed E-state index contributed by atoms with van der Waals surface area (Å²) in [6, 6.07) is 29.4. The van der Waals surface area contributed by atoms with Gasteiger partial charge in [-0.3, -0.25) is 0 Å². The molecule has 0 amide bonds. The van der Waals surface area contributed by atoms with Gasteiger partial charge in [-0.15, -0.1) is 11.3 Å². The standard InChI is InChI=1S/C25H25NOS/c1-19(18-26)25(24-15-8-16-28-24,17-20-9-3-2-4-10-20)27-23-14-7-12-21-11-5-6-13-22(21)23/h2-16,19H,17-18,26H2,1H3/t19-,25-/m0/s1. The van der Waals surface area contributed by atoms with E-state index in [0.29, 0.717) is 6.54 Å². The number of benzene rings is 3. The fourth-order valence-electron chi connectivity index (χ4n) is 3.78. The topological polar surface area (TPSA) is 35.2 Å². The summed E-state index contributed by atoms with van der Waals surface area (Å²) in [6.45, 7) is 2.74. The van der Waals surface area contributed by atoms with Crippen molar-refractivity contribution in [3.05, 3.63) is 101 Å². The van der Waals surface area contributed by atoms with E-state index in [1.54, 1.807) is 11.3 Å². The van der Waals surface area contributed by atoms with Gasteiger partial charge in [0.1, 0.15) is 5.75 Å². The molecule has 142 valence electrons. The average Bonchev–Trinajstić information content (AvgIpc) is 3.29. The van der Waals surface area contributed by atoms with Crippen molar-refractivity contribution in [3.63, 3.8) is 0 Å². The van der Waals surface area contributed by atoms with E-state index in [9.17, 15) is 0 Å². The number of hydrogen-bond donors (Lipinski definition) is 1. The van der Waals surface area contributed by atoms with Crippen LogP contribution in [0.3, 0.4) is 0 Å². The minimum atomic E-state index is -0.519. The highest BCUT2D eigenvalue weighted by Crippen LogP contribution is 2.42. The van der Waals surface area contributed by atoms with Crippen LogP contribution in [0.1, 0.15) is 17.4 Å². The lowest BCUT2D eigenvalue weighted by molar-refractivity contribution is 0.0187. The van der Waals surface area contributed by atoms with E-state index >= 15 is 0 Å². The number of ether oxygens (including phenoxy) is 1. The zero-order chi connectivity index (χ0) is 19.4. The molecule has 28 heavy (non-hydrogen) atoms. The molecule has 4 rings (SSSR count). The van der Waals surface area contributed by atoms with E-state index in [0.717, 1.165) is 17.6 Å². The summed E-state index contributed by atoms with van der Waals surface area (Å²) in [5, 5.41) is 4.42. The summed E-state index contributed by atoms with van der Waals surface area (Å²) in [6.07, 6.45) is 0.774. The summed E-state index contributed by atoms with van der Waals surface area (Å²) in [5.41, 5.74) is 6.94. The number of hydrogen-bond acceptors (Lipinski definition) is 3. The van der Waals surface area contributed by atoms with Crippen LogP contribution < -0.4 is 10.5 Å². The Bertz CT molecular complexity index is 1020. The third kappa shape index (κ3) is 3.56. The molecule has 0 saturated heterocycles. The molecule has 3 aromatic carbocycles. The first-order chi connectivity index (χ1) is 13.7. The molecular weight excluding hydrogens is 362 g/mol. The molecule has 0 bridgehead atoms. The van der Waals surface area contributed by atoms with Crippen LogP contribution in [0, 0.1) is 5.92 Å². The number of fused-ring (bicyclic) bond motifs is 1. The molecule has 0 aliphatic heterocycles.